The highest BCUT2D eigenvalue weighted by molar-refractivity contribution is 7.99. The van der Waals surface area contributed by atoms with Crippen molar-refractivity contribution in [3.05, 3.63) is 16.9 Å². The maximum atomic E-state index is 6.31. The highest BCUT2D eigenvalue weighted by Gasteiger charge is 2.20. The van der Waals surface area contributed by atoms with Gasteiger partial charge in [-0.15, -0.1) is 0 Å². The van der Waals surface area contributed by atoms with E-state index in [2.05, 4.69) is 38.1 Å². The first-order valence-electron chi connectivity index (χ1n) is 7.20. The van der Waals surface area contributed by atoms with Crippen LogP contribution in [0.15, 0.2) is 6.20 Å². The van der Waals surface area contributed by atoms with Gasteiger partial charge in [0.05, 0.1) is 23.0 Å². The quantitative estimate of drug-likeness (QED) is 0.744. The summed E-state index contributed by atoms with van der Waals surface area (Å²) in [5.74, 6) is 1.04. The van der Waals surface area contributed by atoms with Gasteiger partial charge in [-0.3, -0.25) is 4.68 Å². The zero-order valence-corrected chi connectivity index (χ0v) is 14.0. The second-order valence-electron chi connectivity index (χ2n) is 4.75. The van der Waals surface area contributed by atoms with Crippen molar-refractivity contribution in [2.75, 3.05) is 12.3 Å². The van der Waals surface area contributed by atoms with Crippen molar-refractivity contribution in [3.63, 3.8) is 0 Å². The molecule has 1 N–H and O–H groups in total. The zero-order chi connectivity index (χ0) is 14.3. The average molecular weight is 304 g/mol. The van der Waals surface area contributed by atoms with E-state index in [4.69, 9.17) is 11.6 Å². The van der Waals surface area contributed by atoms with Crippen LogP contribution in [-0.4, -0.2) is 27.3 Å². The number of aromatic nitrogens is 2. The van der Waals surface area contributed by atoms with Crippen LogP contribution in [0.2, 0.25) is 5.02 Å². The molecule has 0 bridgehead atoms. The molecule has 3 nitrogen and oxygen atoms in total. The number of hydrogen-bond donors (Lipinski definition) is 1. The number of nitrogens with zero attached hydrogens (tertiary/aromatic N) is 2. The molecule has 2 unspecified atom stereocenters. The van der Waals surface area contributed by atoms with Crippen LogP contribution in [-0.2, 0) is 6.54 Å². The van der Waals surface area contributed by atoms with Crippen molar-refractivity contribution in [2.24, 2.45) is 0 Å². The lowest BCUT2D eigenvalue weighted by Crippen LogP contribution is -2.27. The predicted molar refractivity (Wildman–Crippen MR) is 86.2 cm³/mol. The SMILES string of the molecule is CCCNC(CSC(C)CC)c1c(Cl)cnn1CC. The van der Waals surface area contributed by atoms with Crippen molar-refractivity contribution >= 4 is 23.4 Å². The van der Waals surface area contributed by atoms with Crippen LogP contribution in [0.3, 0.4) is 0 Å². The third kappa shape index (κ3) is 5.01. The monoisotopic (exact) mass is 303 g/mol. The van der Waals surface area contributed by atoms with E-state index in [0.717, 1.165) is 36.0 Å². The van der Waals surface area contributed by atoms with E-state index in [9.17, 15) is 0 Å². The predicted octanol–water partition coefficient (Wildman–Crippen LogP) is 4.13. The van der Waals surface area contributed by atoms with Crippen LogP contribution in [0.25, 0.3) is 0 Å². The van der Waals surface area contributed by atoms with E-state index >= 15 is 0 Å². The third-order valence-corrected chi connectivity index (χ3v) is 4.95. The van der Waals surface area contributed by atoms with Gasteiger partial charge in [-0.05, 0) is 26.3 Å². The topological polar surface area (TPSA) is 29.9 Å². The van der Waals surface area contributed by atoms with Gasteiger partial charge in [-0.2, -0.15) is 16.9 Å². The molecule has 0 saturated carbocycles. The third-order valence-electron chi connectivity index (χ3n) is 3.23. The van der Waals surface area contributed by atoms with Gasteiger partial charge in [-0.25, -0.2) is 0 Å². The first-order valence-corrected chi connectivity index (χ1v) is 8.62. The Hall–Kier alpha value is -0.190. The number of thioether (sulfide) groups is 1. The molecule has 0 aromatic carbocycles. The highest BCUT2D eigenvalue weighted by atomic mass is 35.5. The molecule has 0 fully saturated rings. The Morgan fingerprint density at radius 1 is 1.42 bits per heavy atom. The number of halogens is 1. The van der Waals surface area contributed by atoms with Gasteiger partial charge < -0.3 is 5.32 Å². The molecule has 2 atom stereocenters. The molecule has 1 aromatic rings. The summed E-state index contributed by atoms with van der Waals surface area (Å²) in [6.07, 6.45) is 4.09. The molecule has 0 amide bonds. The Morgan fingerprint density at radius 3 is 2.74 bits per heavy atom. The molecule has 1 aromatic heterocycles. The molecular formula is C14H26ClN3S. The van der Waals surface area contributed by atoms with Crippen LogP contribution in [0.1, 0.15) is 52.3 Å². The molecular weight excluding hydrogens is 278 g/mol. The van der Waals surface area contributed by atoms with E-state index in [1.165, 1.54) is 6.42 Å². The molecule has 0 aliphatic heterocycles. The molecule has 1 rings (SSSR count). The fourth-order valence-corrected chi connectivity index (χ4v) is 3.21. The first kappa shape index (κ1) is 16.9. The lowest BCUT2D eigenvalue weighted by atomic mass is 10.2. The summed E-state index contributed by atoms with van der Waals surface area (Å²) < 4.78 is 2.01. The summed E-state index contributed by atoms with van der Waals surface area (Å²) >= 11 is 8.31. The number of aryl methyl sites for hydroxylation is 1. The fraction of sp³-hybridized carbons (Fsp3) is 0.786. The van der Waals surface area contributed by atoms with E-state index in [-0.39, 0.29) is 6.04 Å². The van der Waals surface area contributed by atoms with Gasteiger partial charge in [0.2, 0.25) is 0 Å². The van der Waals surface area contributed by atoms with Crippen molar-refractivity contribution in [3.8, 4) is 0 Å². The van der Waals surface area contributed by atoms with Crippen LogP contribution < -0.4 is 5.32 Å². The largest absolute Gasteiger partial charge is 0.308 e. The van der Waals surface area contributed by atoms with Crippen LogP contribution in [0.4, 0.5) is 0 Å². The molecule has 0 saturated heterocycles. The molecule has 0 aliphatic carbocycles. The van der Waals surface area contributed by atoms with Gasteiger partial charge in [0.25, 0.3) is 0 Å². The Bertz CT molecular complexity index is 368. The zero-order valence-electron chi connectivity index (χ0n) is 12.4. The van der Waals surface area contributed by atoms with E-state index in [1.54, 1.807) is 6.20 Å². The summed E-state index contributed by atoms with van der Waals surface area (Å²) in [5.41, 5.74) is 1.13. The summed E-state index contributed by atoms with van der Waals surface area (Å²) in [5, 5.41) is 9.41. The lowest BCUT2D eigenvalue weighted by Gasteiger charge is -2.21. The van der Waals surface area contributed by atoms with Crippen molar-refractivity contribution in [1.82, 2.24) is 15.1 Å². The van der Waals surface area contributed by atoms with Gasteiger partial charge >= 0.3 is 0 Å². The van der Waals surface area contributed by atoms with E-state index in [0.29, 0.717) is 5.25 Å². The van der Waals surface area contributed by atoms with Gasteiger partial charge in [-0.1, -0.05) is 32.4 Å². The minimum atomic E-state index is 0.286. The molecule has 0 spiro atoms. The molecule has 19 heavy (non-hydrogen) atoms. The molecule has 0 aliphatic rings. The van der Waals surface area contributed by atoms with Crippen LogP contribution >= 0.6 is 23.4 Å². The Labute approximate surface area is 126 Å². The van der Waals surface area contributed by atoms with Crippen molar-refractivity contribution < 1.29 is 0 Å². The Morgan fingerprint density at radius 2 is 2.16 bits per heavy atom. The second-order valence-corrected chi connectivity index (χ2v) is 6.63. The highest BCUT2D eigenvalue weighted by Crippen LogP contribution is 2.27. The summed E-state index contributed by atoms with van der Waals surface area (Å²) in [7, 11) is 0. The van der Waals surface area contributed by atoms with Crippen molar-refractivity contribution in [2.45, 2.75) is 58.4 Å². The number of rotatable bonds is 9. The Balaban J connectivity index is 2.79. The summed E-state index contributed by atoms with van der Waals surface area (Å²) in [6.45, 7) is 10.7. The van der Waals surface area contributed by atoms with Crippen molar-refractivity contribution in [1.29, 1.82) is 0 Å². The Kier molecular flexibility index (Phi) is 7.88. The smallest absolute Gasteiger partial charge is 0.0834 e. The standard InChI is InChI=1S/C14H26ClN3S/c1-5-8-16-13(10-19-11(4)6-2)14-12(15)9-17-18(14)7-3/h9,11,13,16H,5-8,10H2,1-4H3. The summed E-state index contributed by atoms with van der Waals surface area (Å²) in [6, 6.07) is 0.286. The maximum absolute atomic E-state index is 6.31. The van der Waals surface area contributed by atoms with Gasteiger partial charge in [0.1, 0.15) is 0 Å². The number of hydrogen-bond acceptors (Lipinski definition) is 3. The fourth-order valence-electron chi connectivity index (χ4n) is 1.90. The maximum Gasteiger partial charge on any atom is 0.0834 e. The van der Waals surface area contributed by atoms with Gasteiger partial charge in [0.15, 0.2) is 0 Å². The molecule has 110 valence electrons. The van der Waals surface area contributed by atoms with Crippen LogP contribution in [0.5, 0.6) is 0 Å². The molecule has 5 heteroatoms. The minimum absolute atomic E-state index is 0.286. The summed E-state index contributed by atoms with van der Waals surface area (Å²) in [4.78, 5) is 0. The minimum Gasteiger partial charge on any atom is -0.308 e. The second kappa shape index (κ2) is 8.88. The van der Waals surface area contributed by atoms with E-state index < -0.39 is 0 Å². The average Bonchev–Trinajstić information content (AvgIpc) is 2.80. The normalized spacial score (nSPS) is 14.6. The molecule has 1 heterocycles. The van der Waals surface area contributed by atoms with Crippen LogP contribution in [0, 0.1) is 0 Å². The lowest BCUT2D eigenvalue weighted by molar-refractivity contribution is 0.514. The van der Waals surface area contributed by atoms with Gasteiger partial charge in [0, 0.05) is 17.5 Å². The van der Waals surface area contributed by atoms with E-state index in [1.807, 2.05) is 16.4 Å². The first-order chi connectivity index (χ1) is 9.13. The number of nitrogens with one attached hydrogen (secondary N) is 1. The molecule has 0 radical (unpaired) electrons.